The fourth-order valence-electron chi connectivity index (χ4n) is 0.939. The Labute approximate surface area is 71.5 Å². The van der Waals surface area contributed by atoms with Gasteiger partial charge in [0.25, 0.3) is 0 Å². The van der Waals surface area contributed by atoms with Crippen molar-refractivity contribution in [1.82, 2.24) is 0 Å². The summed E-state index contributed by atoms with van der Waals surface area (Å²) in [5.74, 6) is 0.829. The number of aryl methyl sites for hydroxylation is 1. The topological polar surface area (TPSA) is 38.7 Å². The van der Waals surface area contributed by atoms with Crippen molar-refractivity contribution in [3.63, 3.8) is 0 Å². The summed E-state index contributed by atoms with van der Waals surface area (Å²) < 4.78 is 9.86. The number of phenols is 1. The molecule has 1 rings (SSSR count). The van der Waals surface area contributed by atoms with E-state index in [1.165, 1.54) is 0 Å². The molecule has 0 saturated heterocycles. The Bertz CT molecular complexity index is 238. The molecule has 0 aliphatic rings. The molecule has 0 aliphatic carbocycles. The molecule has 0 saturated carbocycles. The quantitative estimate of drug-likeness (QED) is 0.698. The van der Waals surface area contributed by atoms with E-state index < -0.39 is 0 Å². The van der Waals surface area contributed by atoms with Gasteiger partial charge in [0, 0.05) is 13.2 Å². The molecule has 0 fully saturated rings. The minimum Gasteiger partial charge on any atom is -0.508 e. The molecule has 0 atom stereocenters. The number of benzene rings is 1. The summed E-state index contributed by atoms with van der Waals surface area (Å²) in [7, 11) is 1.55. The molecule has 3 nitrogen and oxygen atoms in total. The van der Waals surface area contributed by atoms with Crippen molar-refractivity contribution in [2.24, 2.45) is 0 Å². The van der Waals surface area contributed by atoms with Gasteiger partial charge >= 0.3 is 0 Å². The van der Waals surface area contributed by atoms with Crippen LogP contribution in [-0.2, 0) is 4.74 Å². The van der Waals surface area contributed by atoms with Gasteiger partial charge in [0.2, 0.25) is 0 Å². The lowest BCUT2D eigenvalue weighted by atomic mass is 10.2. The van der Waals surface area contributed by atoms with E-state index in [4.69, 9.17) is 9.47 Å². The Balaban J connectivity index is 2.72. The van der Waals surface area contributed by atoms with E-state index >= 15 is 0 Å². The van der Waals surface area contributed by atoms with E-state index in [0.29, 0.717) is 5.75 Å². The number of rotatable bonds is 3. The molecule has 1 N–H and O–H groups in total. The highest BCUT2D eigenvalue weighted by atomic mass is 16.7. The van der Waals surface area contributed by atoms with Gasteiger partial charge in [-0.05, 0) is 24.6 Å². The van der Waals surface area contributed by atoms with Gasteiger partial charge in [0.05, 0.1) is 0 Å². The van der Waals surface area contributed by atoms with Gasteiger partial charge in [0.15, 0.2) is 6.79 Å². The largest absolute Gasteiger partial charge is 0.508 e. The van der Waals surface area contributed by atoms with E-state index in [-0.39, 0.29) is 12.5 Å². The van der Waals surface area contributed by atoms with Gasteiger partial charge < -0.3 is 14.6 Å². The fourth-order valence-corrected chi connectivity index (χ4v) is 0.939. The fraction of sp³-hybridized carbons (Fsp3) is 0.333. The molecule has 66 valence electrons. The van der Waals surface area contributed by atoms with Crippen LogP contribution < -0.4 is 4.74 Å². The van der Waals surface area contributed by atoms with Gasteiger partial charge in [-0.15, -0.1) is 0 Å². The number of methoxy groups -OCH3 is 1. The second-order valence-corrected chi connectivity index (χ2v) is 2.56. The third kappa shape index (κ3) is 2.43. The lowest BCUT2D eigenvalue weighted by Gasteiger charge is -2.05. The summed E-state index contributed by atoms with van der Waals surface area (Å²) in [5.41, 5.74) is 0.959. The third-order valence-corrected chi connectivity index (χ3v) is 1.38. The molecule has 0 heterocycles. The molecule has 0 spiro atoms. The zero-order chi connectivity index (χ0) is 8.97. The SMILES string of the molecule is COCOc1cc(C)cc(O)c1. The van der Waals surface area contributed by atoms with Gasteiger partial charge in [0.1, 0.15) is 11.5 Å². The highest BCUT2D eigenvalue weighted by Gasteiger charge is 1.96. The highest BCUT2D eigenvalue weighted by molar-refractivity contribution is 5.36. The molecule has 0 bridgehead atoms. The summed E-state index contributed by atoms with van der Waals surface area (Å²) in [6.45, 7) is 2.09. The van der Waals surface area contributed by atoms with Crippen molar-refractivity contribution in [2.75, 3.05) is 13.9 Å². The number of ether oxygens (including phenoxy) is 2. The highest BCUT2D eigenvalue weighted by Crippen LogP contribution is 2.20. The summed E-state index contributed by atoms with van der Waals surface area (Å²) in [5, 5.41) is 9.17. The minimum atomic E-state index is 0.197. The van der Waals surface area contributed by atoms with Crippen LogP contribution in [0.3, 0.4) is 0 Å². The van der Waals surface area contributed by atoms with Gasteiger partial charge in [-0.2, -0.15) is 0 Å². The molecule has 3 heteroatoms. The molecule has 12 heavy (non-hydrogen) atoms. The maximum absolute atomic E-state index is 9.17. The molecule has 1 aromatic carbocycles. The van der Waals surface area contributed by atoms with Gasteiger partial charge in [-0.3, -0.25) is 0 Å². The molecule has 1 aromatic rings. The molecule has 0 aromatic heterocycles. The van der Waals surface area contributed by atoms with E-state index in [1.807, 2.05) is 13.0 Å². The summed E-state index contributed by atoms with van der Waals surface area (Å²) >= 11 is 0. The van der Waals surface area contributed by atoms with Crippen molar-refractivity contribution >= 4 is 0 Å². The van der Waals surface area contributed by atoms with Crippen LogP contribution >= 0.6 is 0 Å². The van der Waals surface area contributed by atoms with Crippen molar-refractivity contribution < 1.29 is 14.6 Å². The molecule has 0 amide bonds. The van der Waals surface area contributed by atoms with Crippen LogP contribution in [-0.4, -0.2) is 19.0 Å². The van der Waals surface area contributed by atoms with Crippen LogP contribution in [0.2, 0.25) is 0 Å². The first-order valence-electron chi connectivity index (χ1n) is 3.65. The Morgan fingerprint density at radius 1 is 1.33 bits per heavy atom. The first kappa shape index (κ1) is 8.87. The number of hydrogen-bond acceptors (Lipinski definition) is 3. The summed E-state index contributed by atoms with van der Waals surface area (Å²) in [6, 6.07) is 5.05. The second kappa shape index (κ2) is 3.97. The van der Waals surface area contributed by atoms with E-state index in [2.05, 4.69) is 0 Å². The van der Waals surface area contributed by atoms with E-state index in [1.54, 1.807) is 19.2 Å². The van der Waals surface area contributed by atoms with E-state index in [9.17, 15) is 5.11 Å². The zero-order valence-electron chi connectivity index (χ0n) is 7.20. The standard InChI is InChI=1S/C9H12O3/c1-7-3-8(10)5-9(4-7)12-6-11-2/h3-5,10H,6H2,1-2H3. The average Bonchev–Trinajstić information content (AvgIpc) is 1.99. The Morgan fingerprint density at radius 3 is 2.67 bits per heavy atom. The first-order chi connectivity index (χ1) is 5.72. The minimum absolute atomic E-state index is 0.197. The Kier molecular flexibility index (Phi) is 2.94. The normalized spacial score (nSPS) is 9.83. The number of aromatic hydroxyl groups is 1. The first-order valence-corrected chi connectivity index (χ1v) is 3.65. The molecular weight excluding hydrogens is 156 g/mol. The lowest BCUT2D eigenvalue weighted by molar-refractivity contribution is 0.0509. The van der Waals surface area contributed by atoms with Gasteiger partial charge in [-0.1, -0.05) is 0 Å². The Hall–Kier alpha value is -1.22. The third-order valence-electron chi connectivity index (χ3n) is 1.38. The van der Waals surface area contributed by atoms with Crippen LogP contribution in [0.25, 0.3) is 0 Å². The number of hydrogen-bond donors (Lipinski definition) is 1. The smallest absolute Gasteiger partial charge is 0.188 e. The van der Waals surface area contributed by atoms with Crippen molar-refractivity contribution in [1.29, 1.82) is 0 Å². The van der Waals surface area contributed by atoms with Crippen molar-refractivity contribution in [2.45, 2.75) is 6.92 Å². The molecule has 0 radical (unpaired) electrons. The second-order valence-electron chi connectivity index (χ2n) is 2.56. The van der Waals surface area contributed by atoms with Crippen LogP contribution in [0.5, 0.6) is 11.5 Å². The van der Waals surface area contributed by atoms with Gasteiger partial charge in [-0.25, -0.2) is 0 Å². The maximum Gasteiger partial charge on any atom is 0.188 e. The summed E-state index contributed by atoms with van der Waals surface area (Å²) in [4.78, 5) is 0. The van der Waals surface area contributed by atoms with Crippen LogP contribution in [0.1, 0.15) is 5.56 Å². The average molecular weight is 168 g/mol. The van der Waals surface area contributed by atoms with Crippen LogP contribution in [0, 0.1) is 6.92 Å². The molecule has 0 aliphatic heterocycles. The molecule has 0 unspecified atom stereocenters. The van der Waals surface area contributed by atoms with Crippen LogP contribution in [0.15, 0.2) is 18.2 Å². The van der Waals surface area contributed by atoms with E-state index in [0.717, 1.165) is 5.56 Å². The zero-order valence-corrected chi connectivity index (χ0v) is 7.20. The maximum atomic E-state index is 9.17. The monoisotopic (exact) mass is 168 g/mol. The number of phenolic OH excluding ortho intramolecular Hbond substituents is 1. The predicted octanol–water partition coefficient (Wildman–Crippen LogP) is 1.68. The summed E-state index contributed by atoms with van der Waals surface area (Å²) in [6.07, 6.45) is 0. The van der Waals surface area contributed by atoms with Crippen molar-refractivity contribution in [3.8, 4) is 11.5 Å². The Morgan fingerprint density at radius 2 is 2.08 bits per heavy atom. The van der Waals surface area contributed by atoms with Crippen molar-refractivity contribution in [3.05, 3.63) is 23.8 Å². The predicted molar refractivity (Wildman–Crippen MR) is 45.3 cm³/mol. The van der Waals surface area contributed by atoms with Crippen LogP contribution in [0.4, 0.5) is 0 Å². The molecular formula is C9H12O3. The lowest BCUT2D eigenvalue weighted by Crippen LogP contribution is -1.98.